The van der Waals surface area contributed by atoms with Gasteiger partial charge >= 0.3 is 15.6 Å². The maximum absolute atomic E-state index is 12.2. The van der Waals surface area contributed by atoms with Crippen molar-refractivity contribution >= 4 is 62.0 Å². The fourth-order valence-electron chi connectivity index (χ4n) is 1.11. The Balaban J connectivity index is 4.39. The van der Waals surface area contributed by atoms with Crippen molar-refractivity contribution < 1.29 is 36.3 Å². The quantitative estimate of drug-likeness (QED) is 0.176. The van der Waals surface area contributed by atoms with E-state index in [4.69, 9.17) is 73.5 Å². The van der Waals surface area contributed by atoms with Crippen LogP contribution in [0.5, 0.6) is 0 Å². The summed E-state index contributed by atoms with van der Waals surface area (Å²) in [5.41, 5.74) is 0. The van der Waals surface area contributed by atoms with E-state index in [0.717, 1.165) is 0 Å². The lowest BCUT2D eigenvalue weighted by Crippen LogP contribution is -2.10. The zero-order chi connectivity index (χ0) is 18.3. The van der Waals surface area contributed by atoms with Crippen LogP contribution in [0.2, 0.25) is 0 Å². The highest BCUT2D eigenvalue weighted by Crippen LogP contribution is 2.51. The van der Waals surface area contributed by atoms with E-state index in [9.17, 15) is 9.13 Å². The minimum absolute atomic E-state index is 0.0435. The van der Waals surface area contributed by atoms with Gasteiger partial charge in [0, 0.05) is 23.5 Å². The van der Waals surface area contributed by atoms with Gasteiger partial charge in [-0.25, -0.2) is 9.13 Å². The molecule has 0 aliphatic rings. The summed E-state index contributed by atoms with van der Waals surface area (Å²) in [7, 11) is -7.68. The molecule has 0 N–H and O–H groups in total. The average molecular weight is 472 g/mol. The molecule has 8 nitrogen and oxygen atoms in total. The Morgan fingerprint density at radius 3 is 0.875 bits per heavy atom. The standard InChI is InChI=1S/C10H20Cl4O8P2/c11-1-5-17-23(15,18-6-2-12)21-9-10-22-24(16,19-7-3-13)20-8-4-14/h1-10H2. The molecule has 0 aromatic carbocycles. The third-order valence-corrected chi connectivity index (χ3v) is 5.50. The van der Waals surface area contributed by atoms with Gasteiger partial charge in [-0.3, -0.25) is 27.1 Å². The van der Waals surface area contributed by atoms with Crippen LogP contribution in [-0.4, -0.2) is 63.2 Å². The van der Waals surface area contributed by atoms with Gasteiger partial charge < -0.3 is 0 Å². The van der Waals surface area contributed by atoms with E-state index in [1.165, 1.54) is 0 Å². The van der Waals surface area contributed by atoms with Crippen molar-refractivity contribution in [1.29, 1.82) is 0 Å². The van der Waals surface area contributed by atoms with Crippen LogP contribution < -0.4 is 0 Å². The number of alkyl halides is 4. The summed E-state index contributed by atoms with van der Waals surface area (Å²) in [4.78, 5) is 0. The summed E-state index contributed by atoms with van der Waals surface area (Å²) in [5, 5.41) is 0. The van der Waals surface area contributed by atoms with E-state index >= 15 is 0 Å². The molecule has 0 saturated carbocycles. The van der Waals surface area contributed by atoms with Crippen LogP contribution in [0, 0.1) is 0 Å². The maximum Gasteiger partial charge on any atom is 0.474 e. The van der Waals surface area contributed by atoms with Crippen LogP contribution in [0.1, 0.15) is 0 Å². The SMILES string of the molecule is O=P(OCCCl)(OCCCl)OCCOP(=O)(OCCCl)OCCCl. The lowest BCUT2D eigenvalue weighted by molar-refractivity contribution is 0.0818. The zero-order valence-electron chi connectivity index (χ0n) is 12.7. The Morgan fingerprint density at radius 2 is 0.667 bits per heavy atom. The van der Waals surface area contributed by atoms with Gasteiger partial charge in [0.2, 0.25) is 0 Å². The Labute approximate surface area is 161 Å². The van der Waals surface area contributed by atoms with Gasteiger partial charge in [-0.05, 0) is 0 Å². The van der Waals surface area contributed by atoms with Gasteiger partial charge in [0.25, 0.3) is 0 Å². The Bertz CT molecular complexity index is 343. The van der Waals surface area contributed by atoms with Crippen molar-refractivity contribution in [1.82, 2.24) is 0 Å². The van der Waals surface area contributed by atoms with Gasteiger partial charge in [0.1, 0.15) is 0 Å². The second kappa shape index (κ2) is 15.4. The summed E-state index contributed by atoms with van der Waals surface area (Å²) in [6, 6.07) is 0. The van der Waals surface area contributed by atoms with Gasteiger partial charge in [-0.1, -0.05) is 0 Å². The molecule has 146 valence electrons. The summed E-state index contributed by atoms with van der Waals surface area (Å²) < 4.78 is 54.2. The molecule has 0 fully saturated rings. The Morgan fingerprint density at radius 1 is 0.458 bits per heavy atom. The minimum Gasteiger partial charge on any atom is -0.286 e. The highest BCUT2D eigenvalue weighted by Gasteiger charge is 2.29. The molecule has 14 heteroatoms. The van der Waals surface area contributed by atoms with Gasteiger partial charge in [0.15, 0.2) is 0 Å². The summed E-state index contributed by atoms with van der Waals surface area (Å²) >= 11 is 21.8. The summed E-state index contributed by atoms with van der Waals surface area (Å²) in [6.45, 7) is -0.701. The number of hydrogen-bond acceptors (Lipinski definition) is 8. The van der Waals surface area contributed by atoms with Gasteiger partial charge in [-0.15, -0.1) is 46.4 Å². The summed E-state index contributed by atoms with van der Waals surface area (Å²) in [6.07, 6.45) is 0. The van der Waals surface area contributed by atoms with Crippen molar-refractivity contribution in [3.8, 4) is 0 Å². The fourth-order valence-corrected chi connectivity index (χ4v) is 4.15. The number of phosphoric acid groups is 2. The molecule has 0 bridgehead atoms. The van der Waals surface area contributed by atoms with Crippen molar-refractivity contribution in [3.63, 3.8) is 0 Å². The largest absolute Gasteiger partial charge is 0.474 e. The third kappa shape index (κ3) is 12.7. The van der Waals surface area contributed by atoms with Crippen molar-refractivity contribution in [2.75, 3.05) is 63.2 Å². The van der Waals surface area contributed by atoms with E-state index in [1.54, 1.807) is 0 Å². The lowest BCUT2D eigenvalue weighted by atomic mass is 10.8. The minimum atomic E-state index is -3.84. The van der Waals surface area contributed by atoms with Crippen LogP contribution in [0.25, 0.3) is 0 Å². The van der Waals surface area contributed by atoms with Gasteiger partial charge in [-0.2, -0.15) is 0 Å². The second-order valence-corrected chi connectivity index (χ2v) is 8.50. The maximum atomic E-state index is 12.2. The first-order valence-corrected chi connectivity index (χ1v) is 11.8. The van der Waals surface area contributed by atoms with E-state index in [0.29, 0.717) is 0 Å². The Hall–Kier alpha value is 1.38. The molecule has 0 rings (SSSR count). The lowest BCUT2D eigenvalue weighted by Gasteiger charge is -2.19. The van der Waals surface area contributed by atoms with E-state index in [2.05, 4.69) is 0 Å². The molecular formula is C10H20Cl4O8P2. The highest BCUT2D eigenvalue weighted by molar-refractivity contribution is 7.48. The van der Waals surface area contributed by atoms with E-state index < -0.39 is 15.6 Å². The van der Waals surface area contributed by atoms with Crippen LogP contribution in [-0.2, 0) is 36.3 Å². The molecule has 0 atom stereocenters. The molecule has 0 aliphatic heterocycles. The van der Waals surface area contributed by atoms with Crippen molar-refractivity contribution in [2.24, 2.45) is 0 Å². The molecule has 0 spiro atoms. The number of halogens is 4. The number of hydrogen-bond donors (Lipinski definition) is 0. The van der Waals surface area contributed by atoms with Crippen molar-refractivity contribution in [2.45, 2.75) is 0 Å². The highest BCUT2D eigenvalue weighted by atomic mass is 35.5. The first kappa shape index (κ1) is 25.4. The predicted molar refractivity (Wildman–Crippen MR) is 93.8 cm³/mol. The third-order valence-electron chi connectivity index (χ3n) is 1.89. The average Bonchev–Trinajstić information content (AvgIpc) is 2.59. The summed E-state index contributed by atoms with van der Waals surface area (Å²) in [5.74, 6) is 0.396. The normalized spacial score (nSPS) is 12.7. The molecule has 0 aliphatic carbocycles. The molecule has 0 saturated heterocycles. The molecular weight excluding hydrogens is 452 g/mol. The number of rotatable bonds is 17. The molecule has 0 heterocycles. The van der Waals surface area contributed by atoms with E-state index in [-0.39, 0.29) is 63.2 Å². The van der Waals surface area contributed by atoms with Gasteiger partial charge in [0.05, 0.1) is 39.6 Å². The van der Waals surface area contributed by atoms with Crippen LogP contribution >= 0.6 is 62.0 Å². The zero-order valence-corrected chi connectivity index (χ0v) is 17.6. The molecule has 24 heavy (non-hydrogen) atoms. The number of phosphoric ester groups is 2. The molecule has 0 radical (unpaired) electrons. The first-order valence-electron chi connectivity index (χ1n) is 6.76. The topological polar surface area (TPSA) is 89.5 Å². The second-order valence-electron chi connectivity index (χ2n) is 3.65. The van der Waals surface area contributed by atoms with Crippen LogP contribution in [0.3, 0.4) is 0 Å². The predicted octanol–water partition coefficient (Wildman–Crippen LogP) is 4.26. The monoisotopic (exact) mass is 470 g/mol. The fraction of sp³-hybridized carbons (Fsp3) is 1.00. The Kier molecular flexibility index (Phi) is 16.3. The molecule has 0 aromatic heterocycles. The van der Waals surface area contributed by atoms with E-state index in [1.807, 2.05) is 0 Å². The molecule has 0 unspecified atom stereocenters. The smallest absolute Gasteiger partial charge is 0.286 e. The molecule has 0 amide bonds. The van der Waals surface area contributed by atoms with Crippen LogP contribution in [0.4, 0.5) is 0 Å². The molecule has 0 aromatic rings. The van der Waals surface area contributed by atoms with Crippen LogP contribution in [0.15, 0.2) is 0 Å². The first-order chi connectivity index (χ1) is 11.4. The van der Waals surface area contributed by atoms with Crippen molar-refractivity contribution in [3.05, 3.63) is 0 Å².